The van der Waals surface area contributed by atoms with Gasteiger partial charge in [0.05, 0.1) is 0 Å². The molecule has 0 aliphatic rings. The standard InChI is InChI=1S/3CHF3O3S.3Ag.Au.3ClH/c3*2-1(3,4)8(5,6)7;;;;;;;/h3*(H,5,6,7);;;;;3*1H/q;;;3*+1;+3;;;/p-6. The third-order valence-corrected chi connectivity index (χ3v) is 2.55. The van der Waals surface area contributed by atoms with E-state index in [-0.39, 0.29) is 67.1 Å². The number of hydrogen-bond donors (Lipinski definition) is 0. The van der Waals surface area contributed by atoms with Gasteiger partial charge in [0.2, 0.25) is 0 Å². The van der Waals surface area contributed by atoms with Crippen molar-refractivity contribution in [2.24, 2.45) is 0 Å². The van der Waals surface area contributed by atoms with E-state index in [4.69, 9.17) is 66.5 Å². The van der Waals surface area contributed by atoms with Crippen LogP contribution < -0.4 is 0 Å². The van der Waals surface area contributed by atoms with Crippen LogP contribution in [0.25, 0.3) is 0 Å². The molecular weight excluding hydrogens is 1070 g/mol. The van der Waals surface area contributed by atoms with Crippen molar-refractivity contribution in [2.75, 3.05) is 0 Å². The predicted molar refractivity (Wildman–Crippen MR) is 64.8 cm³/mol. The molecule has 0 radical (unpaired) electrons. The van der Waals surface area contributed by atoms with Gasteiger partial charge in [0.25, 0.3) is 0 Å². The molecule has 0 fully saturated rings. The predicted octanol–water partition coefficient (Wildman–Crippen LogP) is 2.21. The number of alkyl halides is 9. The Morgan fingerprint density at radius 3 is 0.516 bits per heavy atom. The number of hydrogen-bond acceptors (Lipinski definition) is 9. The van der Waals surface area contributed by atoms with Gasteiger partial charge in [-0.25, -0.2) is 25.3 Å². The fourth-order valence-corrected chi connectivity index (χ4v) is 0. The summed E-state index contributed by atoms with van der Waals surface area (Å²) in [5.41, 5.74) is -16.9. The fourth-order valence-electron chi connectivity index (χ4n) is 0. The van der Waals surface area contributed by atoms with E-state index in [0.717, 1.165) is 0 Å². The van der Waals surface area contributed by atoms with Gasteiger partial charge in [0.15, 0.2) is 30.4 Å². The van der Waals surface area contributed by atoms with E-state index >= 15 is 0 Å². The Balaban J connectivity index is -0.0000000492. The van der Waals surface area contributed by atoms with E-state index in [1.54, 1.807) is 0 Å². The molecule has 0 aromatic heterocycles. The minimum absolute atomic E-state index is 0. The fraction of sp³-hybridized carbons (Fsp3) is 1.00. The van der Waals surface area contributed by atoms with Gasteiger partial charge in [0.1, 0.15) is 0 Å². The zero-order chi connectivity index (χ0) is 24.6. The van der Waals surface area contributed by atoms with Crippen LogP contribution in [-0.4, -0.2) is 55.4 Å². The molecule has 31 heavy (non-hydrogen) atoms. The van der Waals surface area contributed by atoms with Gasteiger partial charge in [-0.3, -0.25) is 0 Å². The van der Waals surface area contributed by atoms with Gasteiger partial charge < -0.3 is 13.7 Å². The maximum absolute atomic E-state index is 10.7. The summed E-state index contributed by atoms with van der Waals surface area (Å²) >= 11 is -1.79. The molecule has 0 aliphatic heterocycles. The van der Waals surface area contributed by atoms with E-state index in [0.29, 0.717) is 0 Å². The summed E-state index contributed by atoms with van der Waals surface area (Å²) in [5.74, 6) is 0. The SMILES string of the molecule is O=S(=O)([O-])C(F)(F)F.O=S(=O)([O-])C(F)(F)F.O=S(=O)([O-])C(F)(F)F.[Ag+].[Ag+].[Ag+].[Cl][Au]([Cl])[Cl]. The van der Waals surface area contributed by atoms with E-state index in [2.05, 4.69) is 0 Å². The molecule has 212 valence electrons. The first-order valence-electron chi connectivity index (χ1n) is 4.16. The van der Waals surface area contributed by atoms with E-state index in [1.165, 1.54) is 0 Å². The Morgan fingerprint density at radius 1 is 0.484 bits per heavy atom. The normalized spacial score (nSPS) is 12.3. The molecule has 0 unspecified atom stereocenters. The van der Waals surface area contributed by atoms with Gasteiger partial charge in [-0.2, -0.15) is 39.5 Å². The van der Waals surface area contributed by atoms with Crippen molar-refractivity contribution in [1.82, 2.24) is 0 Å². The molecule has 0 amide bonds. The van der Waals surface area contributed by atoms with Gasteiger partial charge >= 0.3 is 126 Å². The Kier molecular flexibility index (Phi) is 31.3. The molecule has 0 bridgehead atoms. The van der Waals surface area contributed by atoms with Gasteiger partial charge in [-0.05, 0) is 0 Å². The Labute approximate surface area is 232 Å². The average Bonchev–Trinajstić information content (AvgIpc) is 2.20. The molecule has 0 saturated heterocycles. The van der Waals surface area contributed by atoms with Gasteiger partial charge in [0, 0.05) is 0 Å². The second-order valence-electron chi connectivity index (χ2n) is 2.83. The zero-order valence-electron chi connectivity index (χ0n) is 12.1. The van der Waals surface area contributed by atoms with Gasteiger partial charge in [-0.15, -0.1) is 0 Å². The van der Waals surface area contributed by atoms with Crippen molar-refractivity contribution in [3.63, 3.8) is 0 Å². The summed E-state index contributed by atoms with van der Waals surface area (Å²) in [6, 6.07) is 0. The Bertz CT molecular complexity index is 664. The molecule has 0 heterocycles. The average molecular weight is 1070 g/mol. The summed E-state index contributed by atoms with van der Waals surface area (Å²) in [6.07, 6.45) is 0. The van der Waals surface area contributed by atoms with Crippen LogP contribution >= 0.6 is 27.6 Å². The third-order valence-electron chi connectivity index (χ3n) is 0.850. The third kappa shape index (κ3) is 35.2. The molecule has 0 saturated carbocycles. The van der Waals surface area contributed by atoms with Crippen molar-refractivity contribution < 1.29 is 161 Å². The molecular formula is C3Ag3AuCl3F9O9S3. The first-order chi connectivity index (χ1) is 11.5. The van der Waals surface area contributed by atoms with Crippen LogP contribution in [0.5, 0.6) is 0 Å². The van der Waals surface area contributed by atoms with Crippen LogP contribution in [0.3, 0.4) is 0 Å². The Morgan fingerprint density at radius 2 is 0.516 bits per heavy atom. The molecule has 0 atom stereocenters. The monoisotopic (exact) mass is 1070 g/mol. The summed E-state index contributed by atoms with van der Waals surface area (Å²) in [7, 11) is -3.41. The second-order valence-corrected chi connectivity index (χ2v) is 16.3. The van der Waals surface area contributed by atoms with Crippen LogP contribution in [0.2, 0.25) is 0 Å². The molecule has 0 aromatic carbocycles. The minimum atomic E-state index is -6.09. The molecule has 9 nitrogen and oxygen atoms in total. The summed E-state index contributed by atoms with van der Waals surface area (Å²) in [4.78, 5) is 0. The summed E-state index contributed by atoms with van der Waals surface area (Å²) in [6.45, 7) is 0. The molecule has 0 N–H and O–H groups in total. The number of rotatable bonds is 0. The summed E-state index contributed by atoms with van der Waals surface area (Å²) in [5, 5.41) is 0. The molecule has 0 aliphatic carbocycles. The van der Waals surface area contributed by atoms with Crippen molar-refractivity contribution in [1.29, 1.82) is 0 Å². The Hall–Kier alpha value is 2.93. The molecule has 0 spiro atoms. The molecule has 28 heteroatoms. The van der Waals surface area contributed by atoms with E-state index in [9.17, 15) is 39.5 Å². The van der Waals surface area contributed by atoms with Crippen LogP contribution in [0.15, 0.2) is 0 Å². The zero-order valence-corrected chi connectivity index (χ0v) is 23.5. The van der Waals surface area contributed by atoms with Crippen molar-refractivity contribution >= 4 is 57.9 Å². The summed E-state index contributed by atoms with van der Waals surface area (Å²) < 4.78 is 177. The molecule has 0 rings (SSSR count). The van der Waals surface area contributed by atoms with Crippen LogP contribution in [-0.2, 0) is 113 Å². The van der Waals surface area contributed by atoms with Crippen LogP contribution in [0.4, 0.5) is 39.5 Å². The van der Waals surface area contributed by atoms with Crippen molar-refractivity contribution in [3.8, 4) is 0 Å². The van der Waals surface area contributed by atoms with Gasteiger partial charge in [-0.1, -0.05) is 0 Å². The van der Waals surface area contributed by atoms with Crippen LogP contribution in [0, 0.1) is 0 Å². The van der Waals surface area contributed by atoms with E-state index in [1.807, 2.05) is 0 Å². The molecule has 0 aromatic rings. The first-order valence-corrected chi connectivity index (χ1v) is 16.4. The van der Waals surface area contributed by atoms with Crippen molar-refractivity contribution in [2.45, 2.75) is 16.5 Å². The van der Waals surface area contributed by atoms with E-state index < -0.39 is 62.1 Å². The first kappa shape index (κ1) is 50.7. The maximum atomic E-state index is 10.7. The topological polar surface area (TPSA) is 172 Å². The van der Waals surface area contributed by atoms with Crippen molar-refractivity contribution in [3.05, 3.63) is 0 Å². The van der Waals surface area contributed by atoms with Crippen LogP contribution in [0.1, 0.15) is 0 Å². The quantitative estimate of drug-likeness (QED) is 0.153. The second kappa shape index (κ2) is 19.1. The number of halogens is 12.